The Morgan fingerprint density at radius 3 is 2.08 bits per heavy atom. The number of nitrogens with zero attached hydrogens (tertiary/aromatic N) is 2. The average Bonchev–Trinajstić information content (AvgIpc) is 3.91. The van der Waals surface area contributed by atoms with E-state index >= 15 is 0 Å². The van der Waals surface area contributed by atoms with Gasteiger partial charge in [-0.3, -0.25) is 19.2 Å². The Balaban J connectivity index is 1.61. The lowest BCUT2D eigenvalue weighted by molar-refractivity contribution is -0.187. The second-order valence-corrected chi connectivity index (χ2v) is 21.9. The fraction of sp³-hybridized carbons (Fsp3) is 0.649. The molecule has 2 fully saturated rings. The maximum Gasteiger partial charge on any atom is 0.408 e. The molecule has 434 valence electrons. The molecule has 2 aliphatic rings. The summed E-state index contributed by atoms with van der Waals surface area (Å²) < 4.78 is 45.4. The molecule has 78 heavy (non-hydrogen) atoms. The topological polar surface area (TPSA) is 253 Å². The lowest BCUT2D eigenvalue weighted by Crippen LogP contribution is -2.60. The molecule has 21 heteroatoms. The number of carbonyl (C=O) groups excluding carboxylic acids is 8. The smallest absolute Gasteiger partial charge is 0.408 e. The maximum atomic E-state index is 14.8. The zero-order chi connectivity index (χ0) is 57.9. The molecule has 0 radical (unpaired) electrons. The first-order valence-corrected chi connectivity index (χ1v) is 26.9. The van der Waals surface area contributed by atoms with E-state index in [-0.39, 0.29) is 51.0 Å². The number of hydrogen-bond acceptors (Lipinski definition) is 16. The molecule has 11 atom stereocenters. The number of likely N-dealkylation sites (N-methyl/N-ethyl adjacent to an activating group) is 1. The van der Waals surface area contributed by atoms with E-state index in [0.29, 0.717) is 37.0 Å². The minimum Gasteiger partial charge on any atom is -0.497 e. The number of amides is 5. The van der Waals surface area contributed by atoms with E-state index in [0.717, 1.165) is 11.8 Å². The summed E-state index contributed by atoms with van der Waals surface area (Å²) in [5.41, 5.74) is 0.389. The highest BCUT2D eigenvalue weighted by molar-refractivity contribution is 5.94. The number of benzene rings is 2. The van der Waals surface area contributed by atoms with E-state index in [1.807, 2.05) is 58.0 Å². The van der Waals surface area contributed by atoms with Crippen LogP contribution in [0.5, 0.6) is 5.75 Å². The van der Waals surface area contributed by atoms with Crippen molar-refractivity contribution in [1.82, 2.24) is 25.8 Å². The molecule has 0 bridgehead atoms. The molecule has 1 saturated carbocycles. The van der Waals surface area contributed by atoms with Crippen molar-refractivity contribution in [3.8, 4) is 5.75 Å². The Labute approximate surface area is 459 Å². The number of carbonyl (C=O) groups is 8. The summed E-state index contributed by atoms with van der Waals surface area (Å²) in [6.07, 6.45) is -2.91. The number of methoxy groups -OCH3 is 3. The van der Waals surface area contributed by atoms with Crippen molar-refractivity contribution in [3.05, 3.63) is 65.7 Å². The minimum absolute atomic E-state index is 0.0112. The number of aldehydes is 1. The van der Waals surface area contributed by atoms with Crippen LogP contribution in [0.1, 0.15) is 112 Å². The molecule has 1 heterocycles. The summed E-state index contributed by atoms with van der Waals surface area (Å²) in [5.74, 6) is -4.63. The van der Waals surface area contributed by atoms with Gasteiger partial charge in [0.15, 0.2) is 0 Å². The number of hydrogen-bond donors (Lipinski definition) is 3. The van der Waals surface area contributed by atoms with Gasteiger partial charge in [0, 0.05) is 40.2 Å². The van der Waals surface area contributed by atoms with Gasteiger partial charge < -0.3 is 68.4 Å². The van der Waals surface area contributed by atoms with Crippen LogP contribution in [0.15, 0.2) is 54.6 Å². The Morgan fingerprint density at radius 1 is 0.808 bits per heavy atom. The monoisotopic (exact) mass is 1100 g/mol. The quantitative estimate of drug-likeness (QED) is 0.0407. The van der Waals surface area contributed by atoms with E-state index in [2.05, 4.69) is 16.0 Å². The number of likely N-dealkylation sites (tertiary alicyclic amines) is 1. The van der Waals surface area contributed by atoms with Crippen molar-refractivity contribution in [2.75, 3.05) is 41.7 Å². The van der Waals surface area contributed by atoms with E-state index in [4.69, 9.17) is 37.9 Å². The Bertz CT molecular complexity index is 2280. The summed E-state index contributed by atoms with van der Waals surface area (Å²) in [6.45, 7) is 15.6. The van der Waals surface area contributed by atoms with Crippen LogP contribution in [-0.2, 0) is 75.0 Å². The normalized spacial score (nSPS) is 20.2. The van der Waals surface area contributed by atoms with Crippen molar-refractivity contribution >= 4 is 48.1 Å². The molecule has 1 unspecified atom stereocenters. The largest absolute Gasteiger partial charge is 0.497 e. The SMILES string of the molecule is COCO[C@@H]([C@@H](C)C=O)[C@@H](OC(=O)[C@H]1CCCC(NC(=O)[C@@H](NC(=O)OC(C)(C)C)[C@@H](C)OC(=O)[C@H](Cc2ccc(OC)cc2)N(C)C(=O)[C@@H]2CCCN2C(=O)[C@H](CC(C)C)NC(=O)OCc2ccccc2)[C@H]1OC)C(C)C. The lowest BCUT2D eigenvalue weighted by Gasteiger charge is -2.39. The highest BCUT2D eigenvalue weighted by Crippen LogP contribution is 2.31. The van der Waals surface area contributed by atoms with Crippen LogP contribution in [0.25, 0.3) is 0 Å². The summed E-state index contributed by atoms with van der Waals surface area (Å²) in [4.78, 5) is 114. The molecule has 2 aromatic rings. The zero-order valence-corrected chi connectivity index (χ0v) is 47.8. The van der Waals surface area contributed by atoms with Crippen LogP contribution in [0, 0.1) is 23.7 Å². The van der Waals surface area contributed by atoms with Crippen LogP contribution in [-0.4, -0.2) is 160 Å². The fourth-order valence-electron chi connectivity index (χ4n) is 9.75. The molecule has 5 amide bonds. The third kappa shape index (κ3) is 19.0. The summed E-state index contributed by atoms with van der Waals surface area (Å²) in [6, 6.07) is 10.2. The van der Waals surface area contributed by atoms with E-state index in [9.17, 15) is 38.4 Å². The van der Waals surface area contributed by atoms with Crippen LogP contribution < -0.4 is 20.7 Å². The van der Waals surface area contributed by atoms with E-state index < -0.39 is 114 Å². The van der Waals surface area contributed by atoms with Crippen molar-refractivity contribution < 1.29 is 76.3 Å². The minimum atomic E-state index is -1.59. The number of esters is 2. The number of alkyl carbamates (subject to hydrolysis) is 2. The molecule has 1 aliphatic carbocycles. The van der Waals surface area contributed by atoms with Crippen molar-refractivity contribution in [2.45, 2.75) is 174 Å². The van der Waals surface area contributed by atoms with E-state index in [1.165, 1.54) is 45.1 Å². The molecule has 0 aromatic heterocycles. The average molecular weight is 1100 g/mol. The molecular weight excluding hydrogens is 1010 g/mol. The van der Waals surface area contributed by atoms with Gasteiger partial charge in [0.25, 0.3) is 0 Å². The molecule has 2 aromatic carbocycles. The molecule has 0 spiro atoms. The van der Waals surface area contributed by atoms with Crippen molar-refractivity contribution in [2.24, 2.45) is 23.7 Å². The van der Waals surface area contributed by atoms with Gasteiger partial charge in [0.05, 0.1) is 25.2 Å². The Kier molecular flexibility index (Phi) is 25.3. The lowest BCUT2D eigenvalue weighted by atomic mass is 9.82. The number of rotatable bonds is 27. The highest BCUT2D eigenvalue weighted by atomic mass is 16.7. The Morgan fingerprint density at radius 2 is 1.49 bits per heavy atom. The maximum absolute atomic E-state index is 14.8. The fourth-order valence-corrected chi connectivity index (χ4v) is 9.75. The van der Waals surface area contributed by atoms with Gasteiger partial charge in [-0.2, -0.15) is 0 Å². The Hall–Kier alpha value is -6.32. The van der Waals surface area contributed by atoms with Crippen LogP contribution >= 0.6 is 0 Å². The van der Waals surface area contributed by atoms with Gasteiger partial charge in [-0.25, -0.2) is 14.4 Å². The van der Waals surface area contributed by atoms with E-state index in [1.54, 1.807) is 52.0 Å². The first-order chi connectivity index (χ1) is 36.9. The van der Waals surface area contributed by atoms with Gasteiger partial charge in [-0.05, 0) is 94.9 Å². The predicted molar refractivity (Wildman–Crippen MR) is 286 cm³/mol. The van der Waals surface area contributed by atoms with Crippen LogP contribution in [0.2, 0.25) is 0 Å². The zero-order valence-electron chi connectivity index (χ0n) is 47.8. The number of ether oxygens (including phenoxy) is 8. The standard InChI is InChI=1S/C57H85N5O16/c1-34(2)29-43(59-55(69)74-32-39-19-15-14-16-20-39)51(65)62-28-18-23-44(62)52(66)61(10)45(30-38-24-26-40(72-12)27-25-38)54(68)76-37(6)46(60-56(70)78-57(7,8)9)50(64)58-42-22-17-21-41(49(42)73-13)53(67)77-47(35(3)4)48(36(5)31-63)75-33-71-11/h14-16,19-20,24-27,31,34-37,41-49H,17-18,21-23,28-30,32-33H2,1-13H3,(H,58,64)(H,59,69)(H,60,70)/t36-,37+,41-,42?,43-,44-,45-,46-,47-,48-,49-/m0/s1. The second kappa shape index (κ2) is 30.7. The first-order valence-electron chi connectivity index (χ1n) is 26.9. The van der Waals surface area contributed by atoms with Gasteiger partial charge in [-0.1, -0.05) is 83.5 Å². The first kappa shape index (κ1) is 64.2. The van der Waals surface area contributed by atoms with Gasteiger partial charge >= 0.3 is 24.1 Å². The van der Waals surface area contributed by atoms with Crippen molar-refractivity contribution in [1.29, 1.82) is 0 Å². The van der Waals surface area contributed by atoms with Gasteiger partial charge in [-0.15, -0.1) is 0 Å². The molecule has 4 rings (SSSR count). The highest BCUT2D eigenvalue weighted by Gasteiger charge is 2.46. The summed E-state index contributed by atoms with van der Waals surface area (Å²) >= 11 is 0. The molecule has 1 aliphatic heterocycles. The number of nitrogens with one attached hydrogen (secondary N) is 3. The second-order valence-electron chi connectivity index (χ2n) is 21.9. The third-order valence-corrected chi connectivity index (χ3v) is 13.8. The predicted octanol–water partition coefficient (Wildman–Crippen LogP) is 5.91. The van der Waals surface area contributed by atoms with Gasteiger partial charge in [0.1, 0.15) is 73.5 Å². The van der Waals surface area contributed by atoms with Crippen molar-refractivity contribution in [3.63, 3.8) is 0 Å². The third-order valence-electron chi connectivity index (χ3n) is 13.8. The summed E-state index contributed by atoms with van der Waals surface area (Å²) in [7, 11) is 5.79. The van der Waals surface area contributed by atoms with Crippen LogP contribution in [0.4, 0.5) is 9.59 Å². The molecular formula is C57H85N5O16. The molecule has 1 saturated heterocycles. The van der Waals surface area contributed by atoms with Gasteiger partial charge in [0.2, 0.25) is 17.7 Å². The molecule has 21 nitrogen and oxygen atoms in total. The summed E-state index contributed by atoms with van der Waals surface area (Å²) in [5, 5.41) is 8.23. The van der Waals surface area contributed by atoms with Crippen LogP contribution in [0.3, 0.4) is 0 Å². The molecule has 3 N–H and O–H groups in total.